The number of nitrogens with two attached hydrogens (primary N) is 2. The number of hydrogen-bond donors (Lipinski definition) is 3. The summed E-state index contributed by atoms with van der Waals surface area (Å²) in [5, 5.41) is 5.57. The molecular weight excluding hydrogens is 376 g/mol. The van der Waals surface area contributed by atoms with Crippen LogP contribution in [0.3, 0.4) is 0 Å². The number of hydrazine groups is 1. The molecule has 1 amide bonds. The Hall–Kier alpha value is -3.58. The van der Waals surface area contributed by atoms with Crippen molar-refractivity contribution in [1.29, 1.82) is 0 Å². The lowest BCUT2D eigenvalue weighted by molar-refractivity contribution is -0.117. The zero-order valence-corrected chi connectivity index (χ0v) is 17.6. The number of benzene rings is 1. The number of aromatic nitrogens is 2. The van der Waals surface area contributed by atoms with Crippen LogP contribution in [-0.4, -0.2) is 20.5 Å². The number of nitrogens with one attached hydrogen (secondary N) is 1. The van der Waals surface area contributed by atoms with Crippen molar-refractivity contribution in [3.8, 4) is 0 Å². The minimum atomic E-state index is -0.256. The van der Waals surface area contributed by atoms with Gasteiger partial charge in [0, 0.05) is 37.2 Å². The molecule has 2 aromatic heterocycles. The van der Waals surface area contributed by atoms with E-state index in [1.54, 1.807) is 12.3 Å². The number of nitrogen functional groups attached to an aromatic ring is 1. The average Bonchev–Trinajstić information content (AvgIpc) is 3.05. The molecule has 0 saturated carbocycles. The molecule has 1 aromatic carbocycles. The highest BCUT2D eigenvalue weighted by Crippen LogP contribution is 2.18. The summed E-state index contributed by atoms with van der Waals surface area (Å²) in [7, 11) is 2.01. The molecule has 3 rings (SSSR count). The molecule has 0 unspecified atom stereocenters. The molecule has 0 saturated heterocycles. The van der Waals surface area contributed by atoms with Crippen molar-refractivity contribution in [3.63, 3.8) is 0 Å². The van der Waals surface area contributed by atoms with Gasteiger partial charge in [0.2, 0.25) is 0 Å². The Labute approximate surface area is 176 Å². The van der Waals surface area contributed by atoms with Crippen LogP contribution in [-0.2, 0) is 24.9 Å². The summed E-state index contributed by atoms with van der Waals surface area (Å²) in [6.45, 7) is 8.38. The number of fused-ring (bicyclic) bond motifs is 1. The third-order valence-electron chi connectivity index (χ3n) is 5.10. The fourth-order valence-electron chi connectivity index (χ4n) is 3.47. The summed E-state index contributed by atoms with van der Waals surface area (Å²) < 4.78 is 2.06. The molecule has 0 aliphatic rings. The molecule has 0 bridgehead atoms. The predicted molar refractivity (Wildman–Crippen MR) is 121 cm³/mol. The van der Waals surface area contributed by atoms with E-state index in [9.17, 15) is 4.79 Å². The van der Waals surface area contributed by atoms with Crippen LogP contribution in [0, 0.1) is 13.8 Å². The maximum absolute atomic E-state index is 12.6. The molecule has 0 radical (unpaired) electrons. The normalized spacial score (nSPS) is 11.5. The molecule has 0 aliphatic carbocycles. The van der Waals surface area contributed by atoms with Crippen LogP contribution in [0.2, 0.25) is 0 Å². The smallest absolute Gasteiger partial charge is 0.253 e. The van der Waals surface area contributed by atoms with Gasteiger partial charge in [-0.1, -0.05) is 24.8 Å². The summed E-state index contributed by atoms with van der Waals surface area (Å²) >= 11 is 0. The fourth-order valence-corrected chi connectivity index (χ4v) is 3.47. The minimum Gasteiger partial charge on any atom is -0.384 e. The van der Waals surface area contributed by atoms with Gasteiger partial charge in [-0.25, -0.2) is 10.8 Å². The maximum atomic E-state index is 12.6. The summed E-state index contributed by atoms with van der Waals surface area (Å²) in [4.78, 5) is 16.9. The van der Waals surface area contributed by atoms with Crippen molar-refractivity contribution < 1.29 is 4.79 Å². The summed E-state index contributed by atoms with van der Waals surface area (Å²) in [5.41, 5.74) is 11.1. The second kappa shape index (κ2) is 8.84. The summed E-state index contributed by atoms with van der Waals surface area (Å²) in [6, 6.07) is 10.1. The Bertz CT molecular complexity index is 1100. The Balaban J connectivity index is 1.68. The van der Waals surface area contributed by atoms with E-state index in [1.165, 1.54) is 16.5 Å². The van der Waals surface area contributed by atoms with E-state index < -0.39 is 0 Å². The van der Waals surface area contributed by atoms with Gasteiger partial charge in [0.15, 0.2) is 0 Å². The van der Waals surface area contributed by atoms with Crippen LogP contribution < -0.4 is 16.9 Å². The van der Waals surface area contributed by atoms with Crippen LogP contribution in [0.4, 0.5) is 5.82 Å². The maximum Gasteiger partial charge on any atom is 0.253 e. The third-order valence-corrected chi connectivity index (χ3v) is 5.10. The van der Waals surface area contributed by atoms with Crippen LogP contribution in [0.25, 0.3) is 10.9 Å². The first-order chi connectivity index (χ1) is 14.3. The van der Waals surface area contributed by atoms with Crippen LogP contribution in [0.15, 0.2) is 61.0 Å². The highest BCUT2D eigenvalue weighted by atomic mass is 16.1. The fraction of sp³-hybridized carbons (Fsp3) is 0.217. The van der Waals surface area contributed by atoms with Crippen LogP contribution >= 0.6 is 0 Å². The van der Waals surface area contributed by atoms with E-state index in [2.05, 4.69) is 39.6 Å². The minimum absolute atomic E-state index is 0.256. The molecule has 0 atom stereocenters. The standard InChI is InChI=1S/C23H28N6O/c1-5-18(23(30)26-12-20-15(2)10-22(24)27-16(20)3)14-29(25)13-17-6-7-19-8-9-28(4)21(19)11-17/h5-11,14H,1,12-13,25H2,2-4H3,(H2,24,27)(H,26,30)/b18-14+. The van der Waals surface area contributed by atoms with E-state index in [0.29, 0.717) is 24.5 Å². The zero-order chi connectivity index (χ0) is 21.8. The predicted octanol–water partition coefficient (Wildman–Crippen LogP) is 2.83. The van der Waals surface area contributed by atoms with Gasteiger partial charge in [-0.2, -0.15) is 0 Å². The number of aryl methyl sites for hydroxylation is 3. The van der Waals surface area contributed by atoms with Gasteiger partial charge in [-0.05, 0) is 54.1 Å². The highest BCUT2D eigenvalue weighted by Gasteiger charge is 2.11. The van der Waals surface area contributed by atoms with E-state index in [1.807, 2.05) is 33.2 Å². The number of nitrogens with zero attached hydrogens (tertiary/aromatic N) is 3. The molecule has 0 fully saturated rings. The molecule has 2 heterocycles. The number of carbonyl (C=O) groups excluding carboxylic acids is 1. The summed E-state index contributed by atoms with van der Waals surface area (Å²) in [5.74, 6) is 6.36. The lowest BCUT2D eigenvalue weighted by Gasteiger charge is -2.16. The molecular formula is C23H28N6O. The summed E-state index contributed by atoms with van der Waals surface area (Å²) in [6.07, 6.45) is 5.11. The van der Waals surface area contributed by atoms with E-state index in [0.717, 1.165) is 27.9 Å². The first-order valence-corrected chi connectivity index (χ1v) is 9.69. The number of anilines is 1. The quantitative estimate of drug-likeness (QED) is 0.243. The average molecular weight is 405 g/mol. The molecule has 30 heavy (non-hydrogen) atoms. The first kappa shape index (κ1) is 21.1. The van der Waals surface area contributed by atoms with Crippen molar-refractivity contribution in [2.45, 2.75) is 26.9 Å². The Morgan fingerprint density at radius 1 is 1.30 bits per heavy atom. The van der Waals surface area contributed by atoms with Crippen molar-refractivity contribution in [2.75, 3.05) is 5.73 Å². The number of hydrogen-bond acceptors (Lipinski definition) is 5. The first-order valence-electron chi connectivity index (χ1n) is 9.69. The molecule has 7 heteroatoms. The Morgan fingerprint density at radius 3 is 2.77 bits per heavy atom. The molecule has 7 nitrogen and oxygen atoms in total. The molecule has 0 spiro atoms. The Kier molecular flexibility index (Phi) is 6.23. The number of pyridine rings is 1. The lowest BCUT2D eigenvalue weighted by atomic mass is 10.1. The van der Waals surface area contributed by atoms with Crippen molar-refractivity contribution in [1.82, 2.24) is 19.9 Å². The monoisotopic (exact) mass is 404 g/mol. The van der Waals surface area contributed by atoms with Crippen molar-refractivity contribution in [3.05, 3.63) is 83.3 Å². The number of rotatable bonds is 7. The van der Waals surface area contributed by atoms with Gasteiger partial charge in [-0.15, -0.1) is 0 Å². The molecule has 5 N–H and O–H groups in total. The zero-order valence-electron chi connectivity index (χ0n) is 17.6. The van der Waals surface area contributed by atoms with E-state index >= 15 is 0 Å². The van der Waals surface area contributed by atoms with Gasteiger partial charge >= 0.3 is 0 Å². The van der Waals surface area contributed by atoms with Crippen LogP contribution in [0.5, 0.6) is 0 Å². The van der Waals surface area contributed by atoms with Gasteiger partial charge in [0.1, 0.15) is 5.82 Å². The third kappa shape index (κ3) is 4.69. The Morgan fingerprint density at radius 2 is 2.07 bits per heavy atom. The number of amides is 1. The second-order valence-corrected chi connectivity index (χ2v) is 7.39. The number of carbonyl (C=O) groups is 1. The second-order valence-electron chi connectivity index (χ2n) is 7.39. The topological polar surface area (TPSA) is 102 Å². The van der Waals surface area contributed by atoms with E-state index in [-0.39, 0.29) is 5.91 Å². The molecule has 3 aromatic rings. The van der Waals surface area contributed by atoms with Crippen molar-refractivity contribution >= 4 is 22.6 Å². The molecule has 0 aliphatic heterocycles. The molecule has 156 valence electrons. The van der Waals surface area contributed by atoms with Gasteiger partial charge < -0.3 is 20.6 Å². The van der Waals surface area contributed by atoms with Gasteiger partial charge in [-0.3, -0.25) is 4.79 Å². The van der Waals surface area contributed by atoms with Crippen molar-refractivity contribution in [2.24, 2.45) is 12.9 Å². The van der Waals surface area contributed by atoms with Gasteiger partial charge in [0.05, 0.1) is 12.1 Å². The van der Waals surface area contributed by atoms with E-state index in [4.69, 9.17) is 11.6 Å². The lowest BCUT2D eigenvalue weighted by Crippen LogP contribution is -2.29. The van der Waals surface area contributed by atoms with Gasteiger partial charge in [0.25, 0.3) is 5.91 Å². The largest absolute Gasteiger partial charge is 0.384 e. The highest BCUT2D eigenvalue weighted by molar-refractivity contribution is 5.95. The van der Waals surface area contributed by atoms with Crippen LogP contribution in [0.1, 0.15) is 22.4 Å². The SMILES string of the molecule is C=C/C(=C\N(N)Cc1ccc2ccn(C)c2c1)C(=O)NCc1c(C)cc(N)nc1C.